The zero-order valence-corrected chi connectivity index (χ0v) is 19.4. The van der Waals surface area contributed by atoms with E-state index in [9.17, 15) is 9.59 Å². The van der Waals surface area contributed by atoms with Gasteiger partial charge in [-0.1, -0.05) is 18.2 Å². The zero-order valence-electron chi connectivity index (χ0n) is 19.4. The van der Waals surface area contributed by atoms with Crippen LogP contribution < -0.4 is 19.5 Å². The first-order chi connectivity index (χ1) is 16.5. The fraction of sp³-hybridized carbons (Fsp3) is 0.192. The highest BCUT2D eigenvalue weighted by Gasteiger charge is 2.40. The minimum absolute atomic E-state index is 0.0471. The quantitative estimate of drug-likeness (QED) is 0.513. The maximum absolute atomic E-state index is 13.6. The summed E-state index contributed by atoms with van der Waals surface area (Å²) in [4.78, 5) is 32.5. The molecule has 1 aromatic heterocycles. The van der Waals surface area contributed by atoms with Crippen molar-refractivity contribution in [2.45, 2.75) is 13.5 Å². The molecule has 0 fully saturated rings. The number of aromatic nitrogens is 1. The fourth-order valence-electron chi connectivity index (χ4n) is 3.80. The first-order valence-corrected chi connectivity index (χ1v) is 10.6. The van der Waals surface area contributed by atoms with E-state index in [1.165, 1.54) is 19.1 Å². The van der Waals surface area contributed by atoms with Gasteiger partial charge in [-0.3, -0.25) is 19.5 Å². The summed E-state index contributed by atoms with van der Waals surface area (Å²) in [6.45, 7) is 1.98. The number of aryl methyl sites for hydroxylation is 1. The summed E-state index contributed by atoms with van der Waals surface area (Å²) in [5, 5.41) is 3.16. The van der Waals surface area contributed by atoms with Crippen LogP contribution in [-0.2, 0) is 16.1 Å². The smallest absolute Gasteiger partial charge is 0.278 e. The standard InChI is InChI=1S/C26H25N3O5/c1-16-8-10-20(32-2)19(13-16)28-24-23(17-9-11-21(33-3)22(14-17)34-4)25(30)29(26(24)31)15-18-7-5-6-12-27-18/h5-14,28H,15H2,1-4H3. The van der Waals surface area contributed by atoms with E-state index >= 15 is 0 Å². The van der Waals surface area contributed by atoms with Gasteiger partial charge in [0.05, 0.1) is 44.8 Å². The van der Waals surface area contributed by atoms with E-state index < -0.39 is 11.8 Å². The van der Waals surface area contributed by atoms with Gasteiger partial charge in [0.2, 0.25) is 0 Å². The Bertz CT molecular complexity index is 1270. The van der Waals surface area contributed by atoms with Crippen LogP contribution in [-0.4, -0.2) is 43.0 Å². The van der Waals surface area contributed by atoms with Gasteiger partial charge in [0.25, 0.3) is 11.8 Å². The second-order valence-electron chi connectivity index (χ2n) is 7.67. The van der Waals surface area contributed by atoms with Gasteiger partial charge in [-0.2, -0.15) is 0 Å². The van der Waals surface area contributed by atoms with Crippen molar-refractivity contribution in [3.8, 4) is 17.2 Å². The van der Waals surface area contributed by atoms with Crippen molar-refractivity contribution in [1.82, 2.24) is 9.88 Å². The fourth-order valence-corrected chi connectivity index (χ4v) is 3.80. The molecule has 0 unspecified atom stereocenters. The highest BCUT2D eigenvalue weighted by molar-refractivity contribution is 6.36. The number of nitrogens with one attached hydrogen (secondary N) is 1. The van der Waals surface area contributed by atoms with E-state index in [0.717, 1.165) is 5.56 Å². The van der Waals surface area contributed by atoms with Crippen LogP contribution in [0.1, 0.15) is 16.8 Å². The minimum Gasteiger partial charge on any atom is -0.495 e. The molecule has 34 heavy (non-hydrogen) atoms. The van der Waals surface area contributed by atoms with Gasteiger partial charge in [0.1, 0.15) is 11.4 Å². The van der Waals surface area contributed by atoms with E-state index in [-0.39, 0.29) is 17.8 Å². The molecule has 3 aromatic rings. The maximum Gasteiger partial charge on any atom is 0.278 e. The largest absolute Gasteiger partial charge is 0.495 e. The second kappa shape index (κ2) is 9.66. The number of pyridine rings is 1. The van der Waals surface area contributed by atoms with Crippen molar-refractivity contribution in [3.05, 3.63) is 83.3 Å². The summed E-state index contributed by atoms with van der Waals surface area (Å²) in [6, 6.07) is 16.0. The van der Waals surface area contributed by atoms with Crippen molar-refractivity contribution in [2.24, 2.45) is 0 Å². The lowest BCUT2D eigenvalue weighted by Gasteiger charge is -2.15. The Morgan fingerprint density at radius 1 is 0.853 bits per heavy atom. The number of hydrogen-bond donors (Lipinski definition) is 1. The molecule has 8 heteroatoms. The van der Waals surface area contributed by atoms with Gasteiger partial charge in [0.15, 0.2) is 11.5 Å². The van der Waals surface area contributed by atoms with Crippen LogP contribution in [0.15, 0.2) is 66.5 Å². The van der Waals surface area contributed by atoms with Gasteiger partial charge in [-0.15, -0.1) is 0 Å². The van der Waals surface area contributed by atoms with Crippen LogP contribution >= 0.6 is 0 Å². The lowest BCUT2D eigenvalue weighted by atomic mass is 10.0. The lowest BCUT2D eigenvalue weighted by Crippen LogP contribution is -2.32. The van der Waals surface area contributed by atoms with E-state index in [1.54, 1.807) is 49.7 Å². The topological polar surface area (TPSA) is 90.0 Å². The second-order valence-corrected chi connectivity index (χ2v) is 7.67. The van der Waals surface area contributed by atoms with Crippen LogP contribution in [0.2, 0.25) is 0 Å². The molecule has 1 aliphatic rings. The molecule has 4 rings (SSSR count). The Morgan fingerprint density at radius 3 is 2.26 bits per heavy atom. The van der Waals surface area contributed by atoms with Gasteiger partial charge < -0.3 is 19.5 Å². The summed E-state index contributed by atoms with van der Waals surface area (Å²) in [6.07, 6.45) is 1.62. The van der Waals surface area contributed by atoms with Gasteiger partial charge in [-0.05, 0) is 54.4 Å². The highest BCUT2D eigenvalue weighted by Crippen LogP contribution is 2.37. The number of methoxy groups -OCH3 is 3. The molecule has 0 aliphatic carbocycles. The summed E-state index contributed by atoms with van der Waals surface area (Å²) in [5.41, 5.74) is 3.05. The number of amides is 2. The third kappa shape index (κ3) is 4.30. The predicted octanol–water partition coefficient (Wildman–Crippen LogP) is 3.81. The molecule has 1 N–H and O–H groups in total. The van der Waals surface area contributed by atoms with Crippen LogP contribution in [0.3, 0.4) is 0 Å². The van der Waals surface area contributed by atoms with Crippen LogP contribution in [0.5, 0.6) is 17.2 Å². The summed E-state index contributed by atoms with van der Waals surface area (Å²) in [7, 11) is 4.60. The summed E-state index contributed by atoms with van der Waals surface area (Å²) >= 11 is 0. The van der Waals surface area contributed by atoms with Crippen molar-refractivity contribution in [1.29, 1.82) is 0 Å². The lowest BCUT2D eigenvalue weighted by molar-refractivity contribution is -0.137. The van der Waals surface area contributed by atoms with Crippen molar-refractivity contribution < 1.29 is 23.8 Å². The monoisotopic (exact) mass is 459 g/mol. The van der Waals surface area contributed by atoms with Gasteiger partial charge in [0, 0.05) is 6.20 Å². The van der Waals surface area contributed by atoms with E-state index in [1.807, 2.05) is 25.1 Å². The molecule has 0 atom stereocenters. The molecule has 2 heterocycles. The molecule has 8 nitrogen and oxygen atoms in total. The SMILES string of the molecule is COc1ccc(C)cc1NC1=C(c2ccc(OC)c(OC)c2)C(=O)N(Cc2ccccn2)C1=O. The van der Waals surface area contributed by atoms with Crippen molar-refractivity contribution in [2.75, 3.05) is 26.6 Å². The molecule has 0 saturated heterocycles. The number of imide groups is 1. The zero-order chi connectivity index (χ0) is 24.2. The number of rotatable bonds is 8. The van der Waals surface area contributed by atoms with E-state index in [2.05, 4.69) is 10.3 Å². The summed E-state index contributed by atoms with van der Waals surface area (Å²) in [5.74, 6) is 0.626. The Morgan fingerprint density at radius 2 is 1.59 bits per heavy atom. The Kier molecular flexibility index (Phi) is 6.49. The Labute approximate surface area is 197 Å². The van der Waals surface area contributed by atoms with Gasteiger partial charge in [-0.25, -0.2) is 0 Å². The molecular weight excluding hydrogens is 434 g/mol. The summed E-state index contributed by atoms with van der Waals surface area (Å²) < 4.78 is 16.2. The maximum atomic E-state index is 13.6. The van der Waals surface area contributed by atoms with Crippen molar-refractivity contribution in [3.63, 3.8) is 0 Å². The number of nitrogens with zero attached hydrogens (tertiary/aromatic N) is 2. The molecule has 0 bridgehead atoms. The minimum atomic E-state index is -0.455. The number of carbonyl (C=O) groups is 2. The van der Waals surface area contributed by atoms with E-state index in [0.29, 0.717) is 34.2 Å². The highest BCUT2D eigenvalue weighted by atomic mass is 16.5. The van der Waals surface area contributed by atoms with Gasteiger partial charge >= 0.3 is 0 Å². The predicted molar refractivity (Wildman–Crippen MR) is 128 cm³/mol. The number of benzene rings is 2. The molecule has 0 spiro atoms. The molecule has 2 aromatic carbocycles. The number of hydrogen-bond acceptors (Lipinski definition) is 7. The van der Waals surface area contributed by atoms with E-state index in [4.69, 9.17) is 14.2 Å². The molecular formula is C26H25N3O5. The number of anilines is 1. The first kappa shape index (κ1) is 22.8. The van der Waals surface area contributed by atoms with Crippen LogP contribution in [0.25, 0.3) is 5.57 Å². The Balaban J connectivity index is 1.82. The number of ether oxygens (including phenoxy) is 3. The average molecular weight is 460 g/mol. The molecule has 1 aliphatic heterocycles. The Hall–Kier alpha value is -4.33. The first-order valence-electron chi connectivity index (χ1n) is 10.6. The molecule has 2 amide bonds. The molecule has 0 saturated carbocycles. The average Bonchev–Trinajstić information content (AvgIpc) is 3.08. The normalized spacial score (nSPS) is 13.4. The number of carbonyl (C=O) groups excluding carboxylic acids is 2. The molecule has 174 valence electrons. The van der Waals surface area contributed by atoms with Crippen LogP contribution in [0, 0.1) is 6.92 Å². The van der Waals surface area contributed by atoms with Crippen molar-refractivity contribution >= 4 is 23.1 Å². The molecule has 0 radical (unpaired) electrons. The van der Waals surface area contributed by atoms with Crippen LogP contribution in [0.4, 0.5) is 5.69 Å². The third-order valence-electron chi connectivity index (χ3n) is 5.50. The third-order valence-corrected chi connectivity index (χ3v) is 5.50.